The van der Waals surface area contributed by atoms with E-state index in [4.69, 9.17) is 18.9 Å². The Balaban J connectivity index is 2.17. The normalized spacial score (nSPS) is 12.4. The zero-order valence-electron chi connectivity index (χ0n) is 17.4. The van der Waals surface area contributed by atoms with Crippen LogP contribution in [-0.4, -0.2) is 39.3 Å². The second-order valence-electron chi connectivity index (χ2n) is 6.53. The van der Waals surface area contributed by atoms with Crippen molar-refractivity contribution < 1.29 is 28.5 Å². The Hall–Kier alpha value is -3.22. The highest BCUT2D eigenvalue weighted by molar-refractivity contribution is 5.82. The first-order valence-electron chi connectivity index (χ1n) is 9.20. The highest BCUT2D eigenvalue weighted by atomic mass is 16.5. The lowest BCUT2D eigenvalue weighted by molar-refractivity contribution is -0.141. The van der Waals surface area contributed by atoms with Crippen LogP contribution in [0.5, 0.6) is 17.2 Å². The third-order valence-electron chi connectivity index (χ3n) is 4.43. The van der Waals surface area contributed by atoms with Crippen molar-refractivity contribution in [3.05, 3.63) is 53.6 Å². The van der Waals surface area contributed by atoms with Gasteiger partial charge in [-0.05, 0) is 43.7 Å². The van der Waals surface area contributed by atoms with Crippen molar-refractivity contribution in [3.63, 3.8) is 0 Å². The van der Waals surface area contributed by atoms with E-state index in [1.165, 1.54) is 21.3 Å². The van der Waals surface area contributed by atoms with Crippen LogP contribution in [0.25, 0.3) is 0 Å². The molecule has 2 rings (SSSR count). The third kappa shape index (κ3) is 6.14. The Labute approximate surface area is 170 Å². The van der Waals surface area contributed by atoms with Gasteiger partial charge in [0.05, 0.1) is 33.8 Å². The summed E-state index contributed by atoms with van der Waals surface area (Å²) in [5, 5.41) is 2.86. The molecule has 0 radical (unpaired) electrons. The lowest BCUT2D eigenvalue weighted by Gasteiger charge is -2.22. The number of benzene rings is 2. The first-order valence-corrected chi connectivity index (χ1v) is 9.20. The molecule has 2 unspecified atom stereocenters. The summed E-state index contributed by atoms with van der Waals surface area (Å²) in [6, 6.07) is 12.0. The van der Waals surface area contributed by atoms with Crippen molar-refractivity contribution in [1.82, 2.24) is 5.32 Å². The SMILES string of the molecule is COC(=O)CC(NC(=O)C(C)Oc1ccc(C)cc1)c1ccc(OC)c(OC)c1. The van der Waals surface area contributed by atoms with Crippen molar-refractivity contribution in [2.75, 3.05) is 21.3 Å². The maximum absolute atomic E-state index is 12.7. The average Bonchev–Trinajstić information content (AvgIpc) is 2.73. The predicted molar refractivity (Wildman–Crippen MR) is 108 cm³/mol. The lowest BCUT2D eigenvalue weighted by Crippen LogP contribution is -2.39. The maximum atomic E-state index is 12.7. The van der Waals surface area contributed by atoms with Crippen LogP contribution in [0, 0.1) is 6.92 Å². The highest BCUT2D eigenvalue weighted by Gasteiger charge is 2.24. The fourth-order valence-electron chi connectivity index (χ4n) is 2.74. The van der Waals surface area contributed by atoms with E-state index >= 15 is 0 Å². The molecule has 0 fully saturated rings. The highest BCUT2D eigenvalue weighted by Crippen LogP contribution is 2.31. The van der Waals surface area contributed by atoms with Crippen LogP contribution in [0.1, 0.15) is 30.5 Å². The Morgan fingerprint density at radius 2 is 1.62 bits per heavy atom. The molecule has 0 aliphatic rings. The molecule has 0 heterocycles. The van der Waals surface area contributed by atoms with E-state index in [-0.39, 0.29) is 12.3 Å². The second-order valence-corrected chi connectivity index (χ2v) is 6.53. The van der Waals surface area contributed by atoms with E-state index in [2.05, 4.69) is 5.32 Å². The van der Waals surface area contributed by atoms with Gasteiger partial charge in [-0.1, -0.05) is 23.8 Å². The van der Waals surface area contributed by atoms with E-state index in [0.717, 1.165) is 5.56 Å². The summed E-state index contributed by atoms with van der Waals surface area (Å²) >= 11 is 0. The van der Waals surface area contributed by atoms with Crippen LogP contribution < -0.4 is 19.5 Å². The van der Waals surface area contributed by atoms with E-state index in [9.17, 15) is 9.59 Å². The fourth-order valence-corrected chi connectivity index (χ4v) is 2.74. The number of hydrogen-bond acceptors (Lipinski definition) is 6. The molecule has 2 aromatic carbocycles. The Kier molecular flexibility index (Phi) is 7.88. The van der Waals surface area contributed by atoms with Crippen LogP contribution in [0.3, 0.4) is 0 Å². The van der Waals surface area contributed by atoms with Gasteiger partial charge < -0.3 is 24.3 Å². The molecule has 1 amide bonds. The summed E-state index contributed by atoms with van der Waals surface area (Å²) in [6.07, 6.45) is -0.785. The van der Waals surface area contributed by atoms with Crippen molar-refractivity contribution in [2.45, 2.75) is 32.4 Å². The minimum Gasteiger partial charge on any atom is -0.493 e. The lowest BCUT2D eigenvalue weighted by atomic mass is 10.0. The van der Waals surface area contributed by atoms with Crippen molar-refractivity contribution in [3.8, 4) is 17.2 Å². The van der Waals surface area contributed by atoms with Gasteiger partial charge in [0.15, 0.2) is 17.6 Å². The molecule has 0 saturated carbocycles. The number of methoxy groups -OCH3 is 3. The number of aryl methyl sites for hydroxylation is 1. The van der Waals surface area contributed by atoms with Crippen LogP contribution in [0.2, 0.25) is 0 Å². The molecule has 0 bridgehead atoms. The van der Waals surface area contributed by atoms with Crippen molar-refractivity contribution in [2.24, 2.45) is 0 Å². The first kappa shape index (κ1) is 22.1. The molecule has 2 atom stereocenters. The number of rotatable bonds is 9. The topological polar surface area (TPSA) is 83.1 Å². The van der Waals surface area contributed by atoms with Gasteiger partial charge in [-0.3, -0.25) is 9.59 Å². The van der Waals surface area contributed by atoms with Gasteiger partial charge in [0, 0.05) is 0 Å². The largest absolute Gasteiger partial charge is 0.493 e. The zero-order chi connectivity index (χ0) is 21.4. The second kappa shape index (κ2) is 10.4. The standard InChI is InChI=1S/C22H27NO6/c1-14-6-9-17(10-7-14)29-15(2)22(25)23-18(13-21(24)28-5)16-8-11-19(26-3)20(12-16)27-4/h6-12,15,18H,13H2,1-5H3,(H,23,25). The third-order valence-corrected chi connectivity index (χ3v) is 4.43. The molecule has 0 saturated heterocycles. The molecule has 2 aromatic rings. The minimum atomic E-state index is -0.752. The average molecular weight is 401 g/mol. The van der Waals surface area contributed by atoms with Crippen molar-refractivity contribution in [1.29, 1.82) is 0 Å². The Bertz CT molecular complexity index is 834. The van der Waals surface area contributed by atoms with E-state index in [0.29, 0.717) is 22.8 Å². The minimum absolute atomic E-state index is 0.0328. The summed E-state index contributed by atoms with van der Waals surface area (Å²) in [7, 11) is 4.36. The number of amides is 1. The van der Waals surface area contributed by atoms with Gasteiger partial charge in [-0.25, -0.2) is 0 Å². The summed E-state index contributed by atoms with van der Waals surface area (Å²) in [5.41, 5.74) is 1.78. The molecule has 156 valence electrons. The Morgan fingerprint density at radius 1 is 0.966 bits per heavy atom. The van der Waals surface area contributed by atoms with Crippen LogP contribution in [0.15, 0.2) is 42.5 Å². The molecule has 0 aromatic heterocycles. The van der Waals surface area contributed by atoms with Gasteiger partial charge >= 0.3 is 5.97 Å². The number of carbonyl (C=O) groups excluding carboxylic acids is 2. The van der Waals surface area contributed by atoms with E-state index < -0.39 is 18.1 Å². The molecular weight excluding hydrogens is 374 g/mol. The van der Waals surface area contributed by atoms with E-state index in [1.807, 2.05) is 19.1 Å². The van der Waals surface area contributed by atoms with Crippen LogP contribution in [0.4, 0.5) is 0 Å². The summed E-state index contributed by atoms with van der Waals surface area (Å²) < 4.78 is 21.0. The monoisotopic (exact) mass is 401 g/mol. The van der Waals surface area contributed by atoms with Crippen LogP contribution in [-0.2, 0) is 14.3 Å². The number of ether oxygens (including phenoxy) is 4. The molecular formula is C22H27NO6. The molecule has 7 nitrogen and oxygen atoms in total. The van der Waals surface area contributed by atoms with E-state index in [1.54, 1.807) is 37.3 Å². The summed E-state index contributed by atoms with van der Waals surface area (Å²) in [5.74, 6) is 0.842. The summed E-state index contributed by atoms with van der Waals surface area (Å²) in [6.45, 7) is 3.62. The first-order chi connectivity index (χ1) is 13.9. The molecule has 29 heavy (non-hydrogen) atoms. The fraction of sp³-hybridized carbons (Fsp3) is 0.364. The van der Waals surface area contributed by atoms with Gasteiger partial charge in [0.2, 0.25) is 0 Å². The number of nitrogens with one attached hydrogen (secondary N) is 1. The number of hydrogen-bond donors (Lipinski definition) is 1. The maximum Gasteiger partial charge on any atom is 0.307 e. The molecule has 0 spiro atoms. The molecule has 0 aliphatic heterocycles. The zero-order valence-corrected chi connectivity index (χ0v) is 17.4. The summed E-state index contributed by atoms with van der Waals surface area (Å²) in [4.78, 5) is 24.6. The Morgan fingerprint density at radius 3 is 2.21 bits per heavy atom. The van der Waals surface area contributed by atoms with Gasteiger partial charge in [0.1, 0.15) is 5.75 Å². The number of esters is 1. The predicted octanol–water partition coefficient (Wildman–Crippen LogP) is 3.20. The number of carbonyl (C=O) groups is 2. The van der Waals surface area contributed by atoms with Gasteiger partial charge in [-0.15, -0.1) is 0 Å². The van der Waals surface area contributed by atoms with Gasteiger partial charge in [-0.2, -0.15) is 0 Å². The smallest absolute Gasteiger partial charge is 0.307 e. The van der Waals surface area contributed by atoms with Crippen molar-refractivity contribution >= 4 is 11.9 Å². The molecule has 0 aliphatic carbocycles. The van der Waals surface area contributed by atoms with Crippen LogP contribution >= 0.6 is 0 Å². The molecule has 1 N–H and O–H groups in total. The quantitative estimate of drug-likeness (QED) is 0.650. The molecule has 7 heteroatoms. The van der Waals surface area contributed by atoms with Gasteiger partial charge in [0.25, 0.3) is 5.91 Å².